The molecule has 0 saturated carbocycles. The molecule has 13 heteroatoms. The highest BCUT2D eigenvalue weighted by Gasteiger charge is 2.26. The third-order valence-electron chi connectivity index (χ3n) is 2.99. The highest BCUT2D eigenvalue weighted by Crippen LogP contribution is 2.17. The number of guanidine groups is 2. The smallest absolute Gasteiger partial charge is 0.370 e. The number of rotatable bonds is 8. The van der Waals surface area contributed by atoms with Crippen molar-refractivity contribution >= 4 is 29.5 Å². The third-order valence-corrected chi connectivity index (χ3v) is 3.94. The first-order valence-electron chi connectivity index (χ1n) is 7.74. The number of halogens is 3. The summed E-state index contributed by atoms with van der Waals surface area (Å²) < 4.78 is 36.3. The number of nitrogens with zero attached hydrogens (tertiary/aromatic N) is 6. The van der Waals surface area contributed by atoms with Gasteiger partial charge in [-0.25, -0.2) is 15.0 Å². The molecule has 27 heavy (non-hydrogen) atoms. The minimum absolute atomic E-state index is 0.164. The predicted octanol–water partition coefficient (Wildman–Crippen LogP) is 1.37. The van der Waals surface area contributed by atoms with Gasteiger partial charge in [0, 0.05) is 25.5 Å². The molecule has 9 nitrogen and oxygen atoms in total. The fourth-order valence-corrected chi connectivity index (χ4v) is 2.52. The van der Waals surface area contributed by atoms with E-state index in [1.54, 1.807) is 18.1 Å². The maximum absolute atomic E-state index is 12.1. The quantitative estimate of drug-likeness (QED) is 0.148. The van der Waals surface area contributed by atoms with Crippen LogP contribution in [-0.2, 0) is 0 Å². The number of anilines is 1. The zero-order valence-corrected chi connectivity index (χ0v) is 15.4. The molecule has 1 aromatic heterocycles. The van der Waals surface area contributed by atoms with Crippen molar-refractivity contribution in [2.45, 2.75) is 24.2 Å². The van der Waals surface area contributed by atoms with E-state index in [2.05, 4.69) is 25.3 Å². The van der Waals surface area contributed by atoms with Crippen molar-refractivity contribution in [3.05, 3.63) is 12.3 Å². The van der Waals surface area contributed by atoms with Crippen molar-refractivity contribution in [3.8, 4) is 6.19 Å². The van der Waals surface area contributed by atoms with Crippen molar-refractivity contribution in [2.75, 3.05) is 31.2 Å². The van der Waals surface area contributed by atoms with Crippen LogP contribution >= 0.6 is 11.8 Å². The topological polar surface area (TPSA) is 142 Å². The average Bonchev–Trinajstić information content (AvgIpc) is 2.59. The molecule has 1 heterocycles. The Morgan fingerprint density at radius 3 is 2.81 bits per heavy atom. The van der Waals surface area contributed by atoms with E-state index in [9.17, 15) is 13.2 Å². The van der Waals surface area contributed by atoms with E-state index in [1.165, 1.54) is 24.0 Å². The van der Waals surface area contributed by atoms with Crippen LogP contribution in [0.4, 0.5) is 19.0 Å². The van der Waals surface area contributed by atoms with Gasteiger partial charge in [-0.15, -0.1) is 4.99 Å². The Bertz CT molecular complexity index is 700. The summed E-state index contributed by atoms with van der Waals surface area (Å²) in [5, 5.41) is 11.4. The second-order valence-electron chi connectivity index (χ2n) is 5.21. The number of aliphatic imine (C=N–C) groups is 2. The van der Waals surface area contributed by atoms with Gasteiger partial charge in [0.05, 0.1) is 0 Å². The number of nitrogens with two attached hydrogens (primary N) is 2. The molecule has 0 aliphatic carbocycles. The second kappa shape index (κ2) is 11.1. The van der Waals surface area contributed by atoms with Gasteiger partial charge in [0.2, 0.25) is 12.2 Å². The van der Waals surface area contributed by atoms with Gasteiger partial charge in [-0.3, -0.25) is 0 Å². The highest BCUT2D eigenvalue weighted by molar-refractivity contribution is 7.99. The Hall–Kier alpha value is -2.75. The highest BCUT2D eigenvalue weighted by atomic mass is 32.2. The summed E-state index contributed by atoms with van der Waals surface area (Å²) in [7, 11) is 1.74. The molecular weight excluding hydrogens is 383 g/mol. The summed E-state index contributed by atoms with van der Waals surface area (Å²) in [6.07, 6.45) is 0.340. The summed E-state index contributed by atoms with van der Waals surface area (Å²) in [6, 6.07) is 1.48. The molecule has 0 radical (unpaired) electrons. The Kier molecular flexibility index (Phi) is 9.14. The number of alkyl halides is 3. The van der Waals surface area contributed by atoms with Crippen LogP contribution in [0.2, 0.25) is 0 Å². The summed E-state index contributed by atoms with van der Waals surface area (Å²) in [4.78, 5) is 16.6. The van der Waals surface area contributed by atoms with Crippen LogP contribution < -0.4 is 16.8 Å². The normalized spacial score (nSPS) is 12.6. The summed E-state index contributed by atoms with van der Waals surface area (Å²) in [5.41, 5.74) is 11.0. The summed E-state index contributed by atoms with van der Waals surface area (Å²) in [6.45, 7) is -0.719. The molecule has 0 aliphatic heterocycles. The van der Waals surface area contributed by atoms with Crippen LogP contribution in [0.3, 0.4) is 0 Å². The summed E-state index contributed by atoms with van der Waals surface area (Å²) in [5.74, 6) is 0.777. The SMILES string of the molecule is CN(CCCCSc1nccc(NC(N)=NCC(F)(F)F)n1)C(N)=NC#N. The standard InChI is InChI=1S/C14H20F3N9S/c1-26(12(20)23-9-18)6-2-3-7-27-13-21-5-4-10(25-13)24-11(19)22-8-14(15,16)17/h4-5H,2-3,6-8H2,1H3,(H2,20,23)(H3,19,21,22,24,25). The molecule has 1 rings (SSSR count). The van der Waals surface area contributed by atoms with E-state index in [1.807, 2.05) is 0 Å². The lowest BCUT2D eigenvalue weighted by atomic mass is 10.3. The van der Waals surface area contributed by atoms with E-state index >= 15 is 0 Å². The average molecular weight is 403 g/mol. The van der Waals surface area contributed by atoms with Crippen LogP contribution in [-0.4, -0.2) is 58.9 Å². The van der Waals surface area contributed by atoms with Gasteiger partial charge in [0.15, 0.2) is 11.1 Å². The molecule has 5 N–H and O–H groups in total. The number of hydrogen-bond donors (Lipinski definition) is 3. The minimum atomic E-state index is -4.42. The van der Waals surface area contributed by atoms with Gasteiger partial charge >= 0.3 is 6.18 Å². The van der Waals surface area contributed by atoms with Crippen LogP contribution in [0.15, 0.2) is 27.4 Å². The molecule has 0 spiro atoms. The molecule has 0 bridgehead atoms. The van der Waals surface area contributed by atoms with Crippen LogP contribution in [0.25, 0.3) is 0 Å². The first kappa shape index (κ1) is 22.3. The van der Waals surface area contributed by atoms with E-state index < -0.39 is 12.7 Å². The van der Waals surface area contributed by atoms with Crippen molar-refractivity contribution < 1.29 is 13.2 Å². The lowest BCUT2D eigenvalue weighted by Crippen LogP contribution is -2.34. The van der Waals surface area contributed by atoms with Crippen LogP contribution in [0.1, 0.15) is 12.8 Å². The third kappa shape index (κ3) is 10.1. The molecular formula is C14H20F3N9S. The maximum Gasteiger partial charge on any atom is 0.408 e. The molecule has 0 saturated heterocycles. The van der Waals surface area contributed by atoms with E-state index in [0.29, 0.717) is 11.7 Å². The zero-order valence-electron chi connectivity index (χ0n) is 14.6. The molecule has 0 fully saturated rings. The number of thioether (sulfide) groups is 1. The van der Waals surface area contributed by atoms with Crippen LogP contribution in [0.5, 0.6) is 0 Å². The fraction of sp³-hybridized carbons (Fsp3) is 0.500. The molecule has 0 aliphatic rings. The van der Waals surface area contributed by atoms with E-state index in [-0.39, 0.29) is 17.7 Å². The molecule has 148 valence electrons. The number of nitrogens with one attached hydrogen (secondary N) is 1. The first-order chi connectivity index (χ1) is 12.7. The van der Waals surface area contributed by atoms with Gasteiger partial charge in [-0.05, 0) is 18.9 Å². The number of unbranched alkanes of at least 4 members (excludes halogenated alkanes) is 1. The summed E-state index contributed by atoms with van der Waals surface area (Å²) >= 11 is 1.39. The van der Waals surface area contributed by atoms with Crippen molar-refractivity contribution in [1.29, 1.82) is 5.26 Å². The maximum atomic E-state index is 12.1. The van der Waals surface area contributed by atoms with E-state index in [0.717, 1.165) is 18.6 Å². The van der Waals surface area contributed by atoms with Crippen LogP contribution in [0, 0.1) is 11.5 Å². The number of nitriles is 1. The van der Waals surface area contributed by atoms with Gasteiger partial charge in [-0.1, -0.05) is 11.8 Å². The molecule has 0 atom stereocenters. The Morgan fingerprint density at radius 1 is 1.41 bits per heavy atom. The molecule has 0 unspecified atom stereocenters. The largest absolute Gasteiger partial charge is 0.408 e. The Labute approximate surface area is 158 Å². The van der Waals surface area contributed by atoms with Crippen molar-refractivity contribution in [1.82, 2.24) is 14.9 Å². The Morgan fingerprint density at radius 2 is 2.15 bits per heavy atom. The minimum Gasteiger partial charge on any atom is -0.370 e. The number of hydrogen-bond acceptors (Lipinski definition) is 6. The fourth-order valence-electron chi connectivity index (χ4n) is 1.69. The van der Waals surface area contributed by atoms with Gasteiger partial charge < -0.3 is 21.7 Å². The number of aromatic nitrogens is 2. The molecule has 0 aromatic carbocycles. The molecule has 0 amide bonds. The van der Waals surface area contributed by atoms with Crippen molar-refractivity contribution in [3.63, 3.8) is 0 Å². The second-order valence-corrected chi connectivity index (χ2v) is 6.28. The predicted molar refractivity (Wildman–Crippen MR) is 98.0 cm³/mol. The lowest BCUT2D eigenvalue weighted by Gasteiger charge is -2.16. The van der Waals surface area contributed by atoms with Gasteiger partial charge in [0.25, 0.3) is 0 Å². The Balaban J connectivity index is 2.40. The monoisotopic (exact) mass is 403 g/mol. The van der Waals surface area contributed by atoms with Gasteiger partial charge in [-0.2, -0.15) is 18.4 Å². The lowest BCUT2D eigenvalue weighted by molar-refractivity contribution is -0.118. The molecule has 1 aromatic rings. The van der Waals surface area contributed by atoms with Gasteiger partial charge in [0.1, 0.15) is 12.4 Å². The van der Waals surface area contributed by atoms with E-state index in [4.69, 9.17) is 16.7 Å². The first-order valence-corrected chi connectivity index (χ1v) is 8.72. The van der Waals surface area contributed by atoms with Crippen molar-refractivity contribution in [2.24, 2.45) is 21.5 Å². The zero-order chi connectivity index (χ0) is 20.3.